The smallest absolute Gasteiger partial charge is 0.168 e. The Morgan fingerprint density at radius 2 is 1.55 bits per heavy atom. The molecule has 0 aromatic heterocycles. The van der Waals surface area contributed by atoms with Gasteiger partial charge in [0.2, 0.25) is 0 Å². The summed E-state index contributed by atoms with van der Waals surface area (Å²) in [7, 11) is -2.41. The first-order valence-corrected chi connectivity index (χ1v) is 4.09. The van der Waals surface area contributed by atoms with Crippen molar-refractivity contribution in [1.82, 2.24) is 0 Å². The van der Waals surface area contributed by atoms with Gasteiger partial charge in [0, 0.05) is 17.1 Å². The van der Waals surface area contributed by atoms with Gasteiger partial charge in [0.05, 0.1) is 4.90 Å². The second kappa shape index (κ2) is 4.54. The maximum atomic E-state index is 10.3. The van der Waals surface area contributed by atoms with Crippen molar-refractivity contribution >= 4 is 10.7 Å². The largest absolute Gasteiger partial charge is 0.227 e. The molecule has 62 valence electrons. The number of aryl methyl sites for hydroxylation is 1. The van der Waals surface area contributed by atoms with Gasteiger partial charge in [-0.3, -0.25) is 0 Å². The van der Waals surface area contributed by atoms with Crippen LogP contribution in [-0.4, -0.2) is 8.42 Å². The van der Waals surface area contributed by atoms with Gasteiger partial charge in [0.15, 0.2) is 10.7 Å². The normalized spacial score (nSPS) is 9.27. The molecule has 0 heterocycles. The van der Waals surface area contributed by atoms with Crippen molar-refractivity contribution in [1.29, 1.82) is 0 Å². The molecule has 0 aliphatic heterocycles. The van der Waals surface area contributed by atoms with Crippen LogP contribution in [0.15, 0.2) is 29.2 Å². The molecule has 1 aromatic carbocycles. The molecule has 4 heteroatoms. The molecule has 0 bridgehead atoms. The van der Waals surface area contributed by atoms with E-state index in [9.17, 15) is 8.42 Å². The van der Waals surface area contributed by atoms with Crippen LogP contribution in [0.5, 0.6) is 0 Å². The Labute approximate surface area is 78.0 Å². The van der Waals surface area contributed by atoms with E-state index < -0.39 is 10.7 Å². The van der Waals surface area contributed by atoms with Gasteiger partial charge >= 0.3 is 0 Å². The molecule has 0 amide bonds. The monoisotopic (exact) mass is 212 g/mol. The van der Waals surface area contributed by atoms with Gasteiger partial charge in [0.1, 0.15) is 0 Å². The Morgan fingerprint density at radius 3 is 1.91 bits per heavy atom. The van der Waals surface area contributed by atoms with E-state index in [1.807, 2.05) is 6.92 Å². The molecule has 0 radical (unpaired) electrons. The Morgan fingerprint density at radius 1 is 1.09 bits per heavy atom. The first-order valence-electron chi connectivity index (χ1n) is 2.91. The van der Waals surface area contributed by atoms with Crippen molar-refractivity contribution < 1.29 is 25.5 Å². The van der Waals surface area contributed by atoms with E-state index >= 15 is 0 Å². The molecule has 1 aromatic rings. The topological polar surface area (TPSA) is 34.1 Å². The second-order valence-corrected chi connectivity index (χ2v) is 3.12. The molecule has 0 saturated carbocycles. The summed E-state index contributed by atoms with van der Waals surface area (Å²) >= 11 is 0. The van der Waals surface area contributed by atoms with Crippen molar-refractivity contribution in [2.45, 2.75) is 11.8 Å². The summed E-state index contributed by atoms with van der Waals surface area (Å²) < 4.78 is 20.7. The van der Waals surface area contributed by atoms with E-state index in [1.54, 1.807) is 24.3 Å². The van der Waals surface area contributed by atoms with Crippen LogP contribution in [0.4, 0.5) is 0 Å². The van der Waals surface area contributed by atoms with Gasteiger partial charge in [-0.05, 0) is 19.1 Å². The molecular weight excluding hydrogens is 204 g/mol. The summed E-state index contributed by atoms with van der Waals surface area (Å²) in [5.41, 5.74) is 1.07. The summed E-state index contributed by atoms with van der Waals surface area (Å²) in [6, 6.07) is 6.75. The van der Waals surface area contributed by atoms with E-state index in [-0.39, 0.29) is 17.1 Å². The van der Waals surface area contributed by atoms with E-state index in [0.717, 1.165) is 5.56 Å². The number of benzene rings is 1. The van der Waals surface area contributed by atoms with Crippen molar-refractivity contribution in [3.05, 3.63) is 29.8 Å². The van der Waals surface area contributed by atoms with E-state index in [4.69, 9.17) is 0 Å². The summed E-state index contributed by atoms with van der Waals surface area (Å²) in [6.07, 6.45) is 0. The standard InChI is InChI=1S/C7H8O2S.Fe/c1-6-2-4-7(5-3-6)10(8)9;/h2-5,10H,1H3;. The number of hydrogen-bond acceptors (Lipinski definition) is 2. The van der Waals surface area contributed by atoms with Crippen molar-refractivity contribution in [3.8, 4) is 0 Å². The summed E-state index contributed by atoms with van der Waals surface area (Å²) in [5, 5.41) is 0. The molecule has 0 unspecified atom stereocenters. The molecule has 1 rings (SSSR count). The number of rotatable bonds is 1. The van der Waals surface area contributed by atoms with Gasteiger partial charge in [-0.15, -0.1) is 0 Å². The Hall–Kier alpha value is -0.311. The molecular formula is C7H8FeO2S. The zero-order valence-corrected chi connectivity index (χ0v) is 7.93. The van der Waals surface area contributed by atoms with Gasteiger partial charge in [-0.1, -0.05) is 17.7 Å². The Balaban J connectivity index is 0.000001000. The van der Waals surface area contributed by atoms with Gasteiger partial charge in [-0.2, -0.15) is 0 Å². The zero-order chi connectivity index (χ0) is 7.56. The van der Waals surface area contributed by atoms with Crippen LogP contribution in [0, 0.1) is 6.92 Å². The predicted molar refractivity (Wildman–Crippen MR) is 39.8 cm³/mol. The third kappa shape index (κ3) is 3.06. The number of thiol groups is 1. The van der Waals surface area contributed by atoms with Crippen LogP contribution >= 0.6 is 0 Å². The zero-order valence-electron chi connectivity index (χ0n) is 5.93. The maximum Gasteiger partial charge on any atom is 0.168 e. The molecule has 0 atom stereocenters. The van der Waals surface area contributed by atoms with Crippen LogP contribution in [0.2, 0.25) is 0 Å². The molecule has 0 aliphatic rings. The van der Waals surface area contributed by atoms with E-state index in [2.05, 4.69) is 0 Å². The fourth-order valence-electron chi connectivity index (χ4n) is 0.666. The molecule has 0 N–H and O–H groups in total. The first kappa shape index (κ1) is 10.7. The molecule has 11 heavy (non-hydrogen) atoms. The van der Waals surface area contributed by atoms with Crippen molar-refractivity contribution in [2.24, 2.45) is 0 Å². The third-order valence-corrected chi connectivity index (χ3v) is 1.96. The summed E-state index contributed by atoms with van der Waals surface area (Å²) in [5.74, 6) is 0. The third-order valence-electron chi connectivity index (χ3n) is 1.24. The first-order chi connectivity index (χ1) is 4.70. The summed E-state index contributed by atoms with van der Waals surface area (Å²) in [6.45, 7) is 1.92. The molecule has 0 saturated heterocycles. The molecule has 2 nitrogen and oxygen atoms in total. The average molecular weight is 212 g/mol. The van der Waals surface area contributed by atoms with Gasteiger partial charge in [-0.25, -0.2) is 8.42 Å². The Kier molecular flexibility index (Phi) is 4.42. The van der Waals surface area contributed by atoms with E-state index in [1.165, 1.54) is 0 Å². The van der Waals surface area contributed by atoms with Crippen LogP contribution in [0.25, 0.3) is 0 Å². The fourth-order valence-corrected chi connectivity index (χ4v) is 1.06. The van der Waals surface area contributed by atoms with E-state index in [0.29, 0.717) is 4.90 Å². The minimum atomic E-state index is -2.41. The molecule has 0 fully saturated rings. The van der Waals surface area contributed by atoms with Crippen molar-refractivity contribution in [3.63, 3.8) is 0 Å². The van der Waals surface area contributed by atoms with Crippen LogP contribution in [-0.2, 0) is 27.8 Å². The Bertz CT molecular complexity index is 282. The quantitative estimate of drug-likeness (QED) is 0.555. The average Bonchev–Trinajstić information content (AvgIpc) is 1.88. The van der Waals surface area contributed by atoms with Gasteiger partial charge < -0.3 is 0 Å². The minimum Gasteiger partial charge on any atom is -0.227 e. The molecule has 0 spiro atoms. The van der Waals surface area contributed by atoms with Crippen LogP contribution in [0.3, 0.4) is 0 Å². The molecule has 0 aliphatic carbocycles. The SMILES string of the molecule is Cc1ccc([SH](=O)=O)cc1.[Fe]. The maximum absolute atomic E-state index is 10.3. The van der Waals surface area contributed by atoms with Crippen LogP contribution in [0.1, 0.15) is 5.56 Å². The van der Waals surface area contributed by atoms with Gasteiger partial charge in [0.25, 0.3) is 0 Å². The van der Waals surface area contributed by atoms with Crippen LogP contribution < -0.4 is 0 Å². The summed E-state index contributed by atoms with van der Waals surface area (Å²) in [4.78, 5) is 0.376. The second-order valence-electron chi connectivity index (χ2n) is 2.09. The predicted octanol–water partition coefficient (Wildman–Crippen LogP) is 0.963. The minimum absolute atomic E-state index is 0. The number of hydrogen-bond donors (Lipinski definition) is 1. The fraction of sp³-hybridized carbons (Fsp3) is 0.143. The van der Waals surface area contributed by atoms with Crippen molar-refractivity contribution in [2.75, 3.05) is 0 Å².